The molecule has 1 aromatic carbocycles. The smallest absolute Gasteiger partial charge is 0.179 e. The van der Waals surface area contributed by atoms with Crippen LogP contribution in [0.2, 0.25) is 0 Å². The molecule has 0 radical (unpaired) electrons. The molecule has 176 valence electrons. The number of rotatable bonds is 9. The fraction of sp³-hybridized carbons (Fsp3) is 0.667. The quantitative estimate of drug-likeness (QED) is 0.534. The molecule has 0 amide bonds. The third kappa shape index (κ3) is 6.35. The molecule has 0 spiro atoms. The van der Waals surface area contributed by atoms with Gasteiger partial charge in [0.05, 0.1) is 12.3 Å². The Labute approximate surface area is 193 Å². The number of benzene rings is 1. The molecule has 1 N–H and O–H groups in total. The predicted octanol–water partition coefficient (Wildman–Crippen LogP) is 5.36. The van der Waals surface area contributed by atoms with Crippen molar-refractivity contribution in [2.45, 2.75) is 58.8 Å². The highest BCUT2D eigenvalue weighted by atomic mass is 16.5. The molecule has 0 aliphatic carbocycles. The highest BCUT2D eigenvalue weighted by Crippen LogP contribution is 2.29. The number of hydrogen-bond donors (Lipinski definition) is 1. The van der Waals surface area contributed by atoms with E-state index in [2.05, 4.69) is 28.6 Å². The van der Waals surface area contributed by atoms with Crippen LogP contribution in [0, 0.1) is 11.8 Å². The molecule has 2 aliphatic heterocycles. The minimum absolute atomic E-state index is 0.235. The number of aromatic amines is 1. The lowest BCUT2D eigenvalue weighted by Gasteiger charge is -2.33. The fourth-order valence-electron chi connectivity index (χ4n) is 5.09. The van der Waals surface area contributed by atoms with Crippen molar-refractivity contribution in [2.75, 3.05) is 45.9 Å². The van der Waals surface area contributed by atoms with Crippen LogP contribution in [0.1, 0.15) is 69.3 Å². The second kappa shape index (κ2) is 11.3. The average molecular weight is 440 g/mol. The van der Waals surface area contributed by atoms with Gasteiger partial charge in [0.2, 0.25) is 0 Å². The summed E-state index contributed by atoms with van der Waals surface area (Å²) in [7, 11) is 0. The van der Waals surface area contributed by atoms with Gasteiger partial charge in [-0.05, 0) is 81.9 Å². The number of nitrogens with one attached hydrogen (secondary N) is 1. The van der Waals surface area contributed by atoms with Crippen LogP contribution in [0.3, 0.4) is 0 Å². The van der Waals surface area contributed by atoms with Crippen LogP contribution in [0.5, 0.6) is 5.75 Å². The van der Waals surface area contributed by atoms with Gasteiger partial charge in [0, 0.05) is 30.4 Å². The van der Waals surface area contributed by atoms with E-state index in [0.29, 0.717) is 24.9 Å². The summed E-state index contributed by atoms with van der Waals surface area (Å²) < 4.78 is 5.97. The highest BCUT2D eigenvalue weighted by Gasteiger charge is 2.23. The van der Waals surface area contributed by atoms with Gasteiger partial charge >= 0.3 is 0 Å². The molecule has 2 aliphatic rings. The first kappa shape index (κ1) is 23.3. The number of aromatic nitrogens is 1. The Hall–Kier alpha value is -1.85. The van der Waals surface area contributed by atoms with E-state index < -0.39 is 0 Å². The van der Waals surface area contributed by atoms with Crippen molar-refractivity contribution < 1.29 is 9.53 Å². The molecular formula is C27H41N3O2. The maximum absolute atomic E-state index is 13.0. The molecule has 0 bridgehead atoms. The van der Waals surface area contributed by atoms with Crippen molar-refractivity contribution in [1.29, 1.82) is 0 Å². The Morgan fingerprint density at radius 1 is 1.03 bits per heavy atom. The van der Waals surface area contributed by atoms with Crippen molar-refractivity contribution >= 4 is 16.7 Å². The second-order valence-corrected chi connectivity index (χ2v) is 10.3. The number of fused-ring (bicyclic) bond motifs is 1. The number of likely N-dealkylation sites (tertiary alicyclic amines) is 2. The minimum Gasteiger partial charge on any atom is -0.493 e. The van der Waals surface area contributed by atoms with Crippen LogP contribution in [-0.4, -0.2) is 66.4 Å². The fourth-order valence-corrected chi connectivity index (χ4v) is 5.09. The Kier molecular flexibility index (Phi) is 8.26. The molecule has 5 heteroatoms. The predicted molar refractivity (Wildman–Crippen MR) is 132 cm³/mol. The van der Waals surface area contributed by atoms with Crippen LogP contribution in [0.4, 0.5) is 0 Å². The molecule has 2 fully saturated rings. The Morgan fingerprint density at radius 3 is 2.41 bits per heavy atom. The first-order valence-electron chi connectivity index (χ1n) is 12.8. The first-order valence-corrected chi connectivity index (χ1v) is 12.8. The topological polar surface area (TPSA) is 48.6 Å². The van der Waals surface area contributed by atoms with Crippen LogP contribution in [0.25, 0.3) is 10.9 Å². The first-order chi connectivity index (χ1) is 15.6. The van der Waals surface area contributed by atoms with Gasteiger partial charge in [-0.2, -0.15) is 0 Å². The van der Waals surface area contributed by atoms with E-state index >= 15 is 0 Å². The molecule has 2 saturated heterocycles. The van der Waals surface area contributed by atoms with Crippen molar-refractivity contribution in [3.05, 3.63) is 30.0 Å². The molecule has 32 heavy (non-hydrogen) atoms. The number of ketones is 1. The zero-order valence-electron chi connectivity index (χ0n) is 20.1. The third-order valence-corrected chi connectivity index (χ3v) is 7.11. The number of nitrogens with zero attached hydrogens (tertiary/aromatic N) is 2. The van der Waals surface area contributed by atoms with E-state index in [1.54, 1.807) is 0 Å². The second-order valence-electron chi connectivity index (χ2n) is 10.3. The number of Topliss-reactive ketones (excluding diaryl/α,β-unsaturated/α-hetero) is 1. The summed E-state index contributed by atoms with van der Waals surface area (Å²) in [6, 6.07) is 8.00. The lowest BCUT2D eigenvalue weighted by molar-refractivity contribution is 0.0918. The standard InChI is InChI=1S/C27H41N3O2/c1-21(2)20-32-27-9-7-8-24-23(27)19-25(28-24)26(31)18-22-10-14-30(15-11-22)17-16-29-12-5-3-4-6-13-29/h7-9,19,21-22,28H,3-6,10-18,20H2,1-2H3. The Balaban J connectivity index is 1.25. The molecule has 0 saturated carbocycles. The third-order valence-electron chi connectivity index (χ3n) is 7.11. The van der Waals surface area contributed by atoms with Crippen LogP contribution < -0.4 is 4.74 Å². The van der Waals surface area contributed by atoms with Crippen molar-refractivity contribution in [3.63, 3.8) is 0 Å². The van der Waals surface area contributed by atoms with E-state index in [4.69, 9.17) is 4.74 Å². The maximum Gasteiger partial charge on any atom is 0.179 e. The van der Waals surface area contributed by atoms with Gasteiger partial charge in [0.15, 0.2) is 5.78 Å². The van der Waals surface area contributed by atoms with E-state index in [1.165, 1.54) is 51.9 Å². The zero-order valence-corrected chi connectivity index (χ0v) is 20.1. The lowest BCUT2D eigenvalue weighted by atomic mass is 9.91. The average Bonchev–Trinajstić information content (AvgIpc) is 3.07. The number of carbonyl (C=O) groups excluding carboxylic acids is 1. The number of ether oxygens (including phenoxy) is 1. The van der Waals surface area contributed by atoms with Gasteiger partial charge in [-0.15, -0.1) is 0 Å². The van der Waals surface area contributed by atoms with E-state index in [9.17, 15) is 4.79 Å². The minimum atomic E-state index is 0.235. The molecule has 0 unspecified atom stereocenters. The summed E-state index contributed by atoms with van der Waals surface area (Å²) in [5, 5.41) is 1.01. The number of hydrogen-bond acceptors (Lipinski definition) is 4. The van der Waals surface area contributed by atoms with Crippen molar-refractivity contribution in [2.24, 2.45) is 11.8 Å². The van der Waals surface area contributed by atoms with Crippen LogP contribution >= 0.6 is 0 Å². The monoisotopic (exact) mass is 439 g/mol. The van der Waals surface area contributed by atoms with Gasteiger partial charge in [-0.1, -0.05) is 32.8 Å². The van der Waals surface area contributed by atoms with Crippen LogP contribution in [0.15, 0.2) is 24.3 Å². The summed E-state index contributed by atoms with van der Waals surface area (Å²) in [6.45, 7) is 12.2. The number of piperidine rings is 1. The summed E-state index contributed by atoms with van der Waals surface area (Å²) in [6.07, 6.45) is 8.45. The van der Waals surface area contributed by atoms with Crippen LogP contribution in [-0.2, 0) is 0 Å². The summed E-state index contributed by atoms with van der Waals surface area (Å²) in [4.78, 5) is 21.6. The van der Waals surface area contributed by atoms with E-state index in [0.717, 1.165) is 48.3 Å². The van der Waals surface area contributed by atoms with Gasteiger partial charge in [0.1, 0.15) is 5.75 Å². The van der Waals surface area contributed by atoms with Gasteiger partial charge < -0.3 is 19.5 Å². The normalized spacial score (nSPS) is 19.5. The van der Waals surface area contributed by atoms with E-state index in [1.807, 2.05) is 24.3 Å². The van der Waals surface area contributed by atoms with Gasteiger partial charge in [0.25, 0.3) is 0 Å². The van der Waals surface area contributed by atoms with Crippen molar-refractivity contribution in [1.82, 2.24) is 14.8 Å². The molecule has 4 rings (SSSR count). The summed E-state index contributed by atoms with van der Waals surface area (Å²) in [5.41, 5.74) is 1.71. The molecular weight excluding hydrogens is 398 g/mol. The maximum atomic E-state index is 13.0. The highest BCUT2D eigenvalue weighted by molar-refractivity contribution is 6.00. The molecule has 1 aromatic heterocycles. The summed E-state index contributed by atoms with van der Waals surface area (Å²) in [5.74, 6) is 2.07. The lowest BCUT2D eigenvalue weighted by Crippen LogP contribution is -2.40. The Morgan fingerprint density at radius 2 is 1.72 bits per heavy atom. The molecule has 0 atom stereocenters. The van der Waals surface area contributed by atoms with Gasteiger partial charge in [-0.25, -0.2) is 0 Å². The molecule has 3 heterocycles. The number of carbonyl (C=O) groups is 1. The largest absolute Gasteiger partial charge is 0.493 e. The van der Waals surface area contributed by atoms with E-state index in [-0.39, 0.29) is 5.78 Å². The Bertz CT molecular complexity index is 859. The summed E-state index contributed by atoms with van der Waals surface area (Å²) >= 11 is 0. The molecule has 2 aromatic rings. The van der Waals surface area contributed by atoms with Crippen molar-refractivity contribution in [3.8, 4) is 5.75 Å². The number of H-pyrrole nitrogens is 1. The SMILES string of the molecule is CC(C)COc1cccc2[nH]c(C(=O)CC3CCN(CCN4CCCCCC4)CC3)cc12. The zero-order chi connectivity index (χ0) is 22.3. The van der Waals surface area contributed by atoms with Gasteiger partial charge in [-0.3, -0.25) is 4.79 Å². The molecule has 5 nitrogen and oxygen atoms in total.